The van der Waals surface area contributed by atoms with Gasteiger partial charge in [0.2, 0.25) is 0 Å². The maximum absolute atomic E-state index is 9.93. The van der Waals surface area contributed by atoms with Crippen LogP contribution in [-0.2, 0) is 4.79 Å². The second-order valence-electron chi connectivity index (χ2n) is 1.85. The van der Waals surface area contributed by atoms with Crippen LogP contribution < -0.4 is 0 Å². The van der Waals surface area contributed by atoms with Crippen molar-refractivity contribution in [3.8, 4) is 0 Å². The maximum Gasteiger partial charge on any atom is 0.308 e. The van der Waals surface area contributed by atoms with Crippen LogP contribution in [0.15, 0.2) is 5.18 Å². The molecule has 0 aromatic carbocycles. The van der Waals surface area contributed by atoms with Gasteiger partial charge in [-0.05, 0) is 6.42 Å². The van der Waals surface area contributed by atoms with Crippen LogP contribution in [0.4, 0.5) is 0 Å². The van der Waals surface area contributed by atoms with Gasteiger partial charge in [-0.1, -0.05) is 5.18 Å². The Kier molecular flexibility index (Phi) is 1.00. The smallest absolute Gasteiger partial charge is 0.308 e. The highest BCUT2D eigenvalue weighted by molar-refractivity contribution is 5.74. The fourth-order valence-electron chi connectivity index (χ4n) is 0.563. The molecule has 0 amide bonds. The zero-order valence-corrected chi connectivity index (χ0v) is 4.07. The van der Waals surface area contributed by atoms with Gasteiger partial charge in [0.1, 0.15) is 6.04 Å². The average molecular weight is 115 g/mol. The Morgan fingerprint density at radius 1 is 1.75 bits per heavy atom. The second-order valence-corrected chi connectivity index (χ2v) is 1.85. The van der Waals surface area contributed by atoms with Gasteiger partial charge in [-0.2, -0.15) is 4.91 Å². The van der Waals surface area contributed by atoms with E-state index in [0.717, 1.165) is 0 Å². The Morgan fingerprint density at radius 3 is 2.50 bits per heavy atom. The van der Waals surface area contributed by atoms with Crippen molar-refractivity contribution in [1.82, 2.24) is 0 Å². The van der Waals surface area contributed by atoms with E-state index in [4.69, 9.17) is 5.11 Å². The van der Waals surface area contributed by atoms with Gasteiger partial charge in [-0.15, -0.1) is 0 Å². The standard InChI is InChI=1S/C4H5NO3/c6-4(7)2-1-3(2)5-8/h2-3H,1H2,(H,6,7). The first-order valence-electron chi connectivity index (χ1n) is 2.31. The minimum Gasteiger partial charge on any atom is -0.481 e. The lowest BCUT2D eigenvalue weighted by Crippen LogP contribution is -1.99. The molecular weight excluding hydrogens is 110 g/mol. The highest BCUT2D eigenvalue weighted by Crippen LogP contribution is 2.33. The molecule has 1 saturated carbocycles. The first-order valence-corrected chi connectivity index (χ1v) is 2.31. The largest absolute Gasteiger partial charge is 0.481 e. The molecule has 1 N–H and O–H groups in total. The summed E-state index contributed by atoms with van der Waals surface area (Å²) in [5.74, 6) is -1.39. The van der Waals surface area contributed by atoms with Gasteiger partial charge in [0.25, 0.3) is 0 Å². The molecule has 0 saturated heterocycles. The first-order chi connectivity index (χ1) is 3.75. The fraction of sp³-hybridized carbons (Fsp3) is 0.750. The Hall–Kier alpha value is -0.930. The van der Waals surface area contributed by atoms with E-state index in [9.17, 15) is 9.70 Å². The molecule has 2 atom stereocenters. The van der Waals surface area contributed by atoms with Crippen molar-refractivity contribution in [1.29, 1.82) is 0 Å². The highest BCUT2D eigenvalue weighted by Gasteiger charge is 2.44. The number of hydrogen-bond donors (Lipinski definition) is 1. The molecule has 1 aliphatic carbocycles. The van der Waals surface area contributed by atoms with Gasteiger partial charge in [0, 0.05) is 0 Å². The molecule has 0 bridgehead atoms. The monoisotopic (exact) mass is 115 g/mol. The number of hydrogen-bond acceptors (Lipinski definition) is 3. The van der Waals surface area contributed by atoms with Crippen molar-refractivity contribution >= 4 is 5.97 Å². The number of nitroso groups, excluding NO2 is 1. The normalized spacial score (nSPS) is 34.0. The van der Waals surface area contributed by atoms with Crippen LogP contribution in [0, 0.1) is 10.8 Å². The van der Waals surface area contributed by atoms with Gasteiger partial charge >= 0.3 is 5.97 Å². The first kappa shape index (κ1) is 5.21. The third-order valence-corrected chi connectivity index (χ3v) is 1.21. The summed E-state index contributed by atoms with van der Waals surface area (Å²) >= 11 is 0. The lowest BCUT2D eigenvalue weighted by molar-refractivity contribution is -0.138. The van der Waals surface area contributed by atoms with Gasteiger partial charge in [0.15, 0.2) is 0 Å². The van der Waals surface area contributed by atoms with Gasteiger partial charge < -0.3 is 5.11 Å². The molecule has 0 radical (unpaired) electrons. The van der Waals surface area contributed by atoms with E-state index >= 15 is 0 Å². The summed E-state index contributed by atoms with van der Waals surface area (Å²) in [6, 6.07) is -0.438. The van der Waals surface area contributed by atoms with Gasteiger partial charge in [-0.3, -0.25) is 4.79 Å². The minimum atomic E-state index is -0.908. The topological polar surface area (TPSA) is 66.7 Å². The van der Waals surface area contributed by atoms with Crippen molar-refractivity contribution in [2.75, 3.05) is 0 Å². The average Bonchev–Trinajstić information content (AvgIpc) is 2.42. The maximum atomic E-state index is 9.93. The van der Waals surface area contributed by atoms with Crippen LogP contribution in [0.5, 0.6) is 0 Å². The van der Waals surface area contributed by atoms with Crippen LogP contribution in [0.3, 0.4) is 0 Å². The van der Waals surface area contributed by atoms with Crippen molar-refractivity contribution in [3.05, 3.63) is 4.91 Å². The van der Waals surface area contributed by atoms with Crippen LogP contribution in [0.1, 0.15) is 6.42 Å². The predicted octanol–water partition coefficient (Wildman–Crippen LogP) is 0.226. The molecule has 0 aliphatic heterocycles. The van der Waals surface area contributed by atoms with E-state index in [0.29, 0.717) is 6.42 Å². The van der Waals surface area contributed by atoms with Crippen molar-refractivity contribution in [2.24, 2.45) is 11.1 Å². The zero-order chi connectivity index (χ0) is 6.15. The molecule has 0 aromatic heterocycles. The molecule has 4 heteroatoms. The molecule has 1 fully saturated rings. The summed E-state index contributed by atoms with van der Waals surface area (Å²) in [5.41, 5.74) is 0. The SMILES string of the molecule is O=NC1CC1C(=O)O. The molecule has 1 aliphatic rings. The van der Waals surface area contributed by atoms with E-state index in [-0.39, 0.29) is 0 Å². The van der Waals surface area contributed by atoms with Crippen LogP contribution >= 0.6 is 0 Å². The van der Waals surface area contributed by atoms with E-state index < -0.39 is 17.9 Å². The predicted molar refractivity (Wildman–Crippen MR) is 25.3 cm³/mol. The van der Waals surface area contributed by atoms with E-state index in [1.165, 1.54) is 0 Å². The van der Waals surface area contributed by atoms with Gasteiger partial charge in [-0.25, -0.2) is 0 Å². The van der Waals surface area contributed by atoms with Gasteiger partial charge in [0.05, 0.1) is 5.92 Å². The number of aliphatic carboxylic acids is 1. The molecule has 44 valence electrons. The molecule has 0 heterocycles. The molecule has 1 rings (SSSR count). The number of rotatable bonds is 2. The summed E-state index contributed by atoms with van der Waals surface area (Å²) in [5, 5.41) is 10.7. The number of carbonyl (C=O) groups is 1. The minimum absolute atomic E-state index is 0.429. The van der Waals surface area contributed by atoms with Crippen molar-refractivity contribution in [3.63, 3.8) is 0 Å². The number of carboxylic acid groups (broad SMARTS) is 1. The second kappa shape index (κ2) is 1.54. The summed E-state index contributed by atoms with van der Waals surface area (Å²) < 4.78 is 0. The lowest BCUT2D eigenvalue weighted by Gasteiger charge is -1.78. The Labute approximate surface area is 45.5 Å². The highest BCUT2D eigenvalue weighted by atomic mass is 16.4. The fourth-order valence-corrected chi connectivity index (χ4v) is 0.563. The molecule has 8 heavy (non-hydrogen) atoms. The van der Waals surface area contributed by atoms with Crippen LogP contribution in [-0.4, -0.2) is 17.1 Å². The molecule has 0 spiro atoms. The number of nitrogens with zero attached hydrogens (tertiary/aromatic N) is 1. The van der Waals surface area contributed by atoms with Crippen LogP contribution in [0.2, 0.25) is 0 Å². The Morgan fingerprint density at radius 2 is 2.38 bits per heavy atom. The molecule has 0 aromatic rings. The summed E-state index contributed by atoms with van der Waals surface area (Å²) in [6.45, 7) is 0. The van der Waals surface area contributed by atoms with Crippen molar-refractivity contribution < 1.29 is 9.90 Å². The van der Waals surface area contributed by atoms with E-state index in [1.54, 1.807) is 0 Å². The summed E-state index contributed by atoms with van der Waals surface area (Å²) in [4.78, 5) is 19.5. The van der Waals surface area contributed by atoms with Crippen molar-refractivity contribution in [2.45, 2.75) is 12.5 Å². The summed E-state index contributed by atoms with van der Waals surface area (Å²) in [7, 11) is 0. The van der Waals surface area contributed by atoms with Crippen LogP contribution in [0.25, 0.3) is 0 Å². The lowest BCUT2D eigenvalue weighted by atomic mass is 10.4. The van der Waals surface area contributed by atoms with E-state index in [2.05, 4.69) is 5.18 Å². The number of carboxylic acids is 1. The third-order valence-electron chi connectivity index (χ3n) is 1.21. The third kappa shape index (κ3) is 0.685. The Balaban J connectivity index is 2.36. The Bertz CT molecular complexity index is 133. The zero-order valence-electron chi connectivity index (χ0n) is 4.07. The van der Waals surface area contributed by atoms with E-state index in [1.807, 2.05) is 0 Å². The quantitative estimate of drug-likeness (QED) is 0.523. The summed E-state index contributed by atoms with van der Waals surface area (Å²) in [6.07, 6.45) is 0.429. The molecule has 4 nitrogen and oxygen atoms in total. The molecular formula is C4H5NO3. The molecule has 2 unspecified atom stereocenters.